The van der Waals surface area contributed by atoms with Crippen LogP contribution in [0.3, 0.4) is 0 Å². The smallest absolute Gasteiger partial charge is 0.276 e. The summed E-state index contributed by atoms with van der Waals surface area (Å²) in [5, 5.41) is 14.9. The van der Waals surface area contributed by atoms with Crippen molar-refractivity contribution in [3.05, 3.63) is 48.4 Å². The quantitative estimate of drug-likeness (QED) is 0.659. The number of H-pyrrole nitrogens is 1. The third-order valence-electron chi connectivity index (χ3n) is 3.02. The molecule has 22 heavy (non-hydrogen) atoms. The monoisotopic (exact) mass is 317 g/mol. The van der Waals surface area contributed by atoms with Crippen molar-refractivity contribution in [2.45, 2.75) is 4.90 Å². The summed E-state index contributed by atoms with van der Waals surface area (Å²) in [6.45, 7) is 0. The molecule has 0 atom stereocenters. The molecule has 2 aromatic heterocycles. The lowest BCUT2D eigenvalue weighted by Crippen LogP contribution is -2.14. The Kier molecular flexibility index (Phi) is 3.35. The van der Waals surface area contributed by atoms with E-state index in [1.54, 1.807) is 12.3 Å². The van der Waals surface area contributed by atoms with Gasteiger partial charge in [0, 0.05) is 18.1 Å². The molecular formula is C13H11N5O3S. The first kappa shape index (κ1) is 14.2. The van der Waals surface area contributed by atoms with E-state index in [2.05, 4.69) is 20.5 Å². The van der Waals surface area contributed by atoms with Gasteiger partial charge in [0.2, 0.25) is 10.0 Å². The van der Waals surface area contributed by atoms with Crippen LogP contribution in [0.2, 0.25) is 0 Å². The van der Waals surface area contributed by atoms with E-state index in [1.165, 1.54) is 30.5 Å². The van der Waals surface area contributed by atoms with Gasteiger partial charge >= 0.3 is 0 Å². The molecule has 0 fully saturated rings. The lowest BCUT2D eigenvalue weighted by Gasteiger charge is -2.04. The van der Waals surface area contributed by atoms with Crippen molar-refractivity contribution in [2.24, 2.45) is 5.14 Å². The van der Waals surface area contributed by atoms with E-state index in [4.69, 9.17) is 5.14 Å². The van der Waals surface area contributed by atoms with Gasteiger partial charge in [0.15, 0.2) is 5.69 Å². The van der Waals surface area contributed by atoms with Gasteiger partial charge in [-0.15, -0.1) is 0 Å². The van der Waals surface area contributed by atoms with E-state index in [1.807, 2.05) is 0 Å². The minimum Gasteiger partial charge on any atom is -0.321 e. The molecule has 3 aromatic rings. The second-order valence-corrected chi connectivity index (χ2v) is 6.08. The number of benzene rings is 1. The first-order chi connectivity index (χ1) is 10.4. The van der Waals surface area contributed by atoms with Crippen LogP contribution in [0.4, 0.5) is 5.69 Å². The SMILES string of the molecule is NS(=O)(=O)c1ccc(NC(=O)c2n[nH]c3ccncc23)cc1. The summed E-state index contributed by atoms with van der Waals surface area (Å²) in [6.07, 6.45) is 3.13. The molecule has 4 N–H and O–H groups in total. The Labute approximate surface area is 125 Å². The van der Waals surface area contributed by atoms with Crippen LogP contribution in [-0.4, -0.2) is 29.5 Å². The van der Waals surface area contributed by atoms with Crippen LogP contribution in [0.15, 0.2) is 47.6 Å². The third kappa shape index (κ3) is 2.67. The Morgan fingerprint density at radius 2 is 1.91 bits per heavy atom. The number of nitrogens with zero attached hydrogens (tertiary/aromatic N) is 2. The summed E-state index contributed by atoms with van der Waals surface area (Å²) in [5.41, 5.74) is 1.33. The zero-order chi connectivity index (χ0) is 15.7. The predicted molar refractivity (Wildman–Crippen MR) is 79.7 cm³/mol. The Morgan fingerprint density at radius 3 is 2.59 bits per heavy atom. The van der Waals surface area contributed by atoms with E-state index < -0.39 is 15.9 Å². The highest BCUT2D eigenvalue weighted by molar-refractivity contribution is 7.89. The van der Waals surface area contributed by atoms with Crippen molar-refractivity contribution in [3.63, 3.8) is 0 Å². The molecule has 0 aliphatic carbocycles. The maximum Gasteiger partial charge on any atom is 0.276 e. The Bertz CT molecular complexity index is 947. The molecule has 0 saturated heterocycles. The van der Waals surface area contributed by atoms with Gasteiger partial charge in [0.1, 0.15) is 0 Å². The number of nitrogens with one attached hydrogen (secondary N) is 2. The Hall–Kier alpha value is -2.78. The van der Waals surface area contributed by atoms with E-state index in [-0.39, 0.29) is 10.6 Å². The summed E-state index contributed by atoms with van der Waals surface area (Å²) in [4.78, 5) is 16.1. The number of nitrogens with two attached hydrogens (primary N) is 1. The fourth-order valence-electron chi connectivity index (χ4n) is 1.95. The second kappa shape index (κ2) is 5.20. The van der Waals surface area contributed by atoms with E-state index >= 15 is 0 Å². The number of aromatic nitrogens is 3. The first-order valence-corrected chi connectivity index (χ1v) is 7.72. The molecule has 112 valence electrons. The van der Waals surface area contributed by atoms with Gasteiger partial charge in [-0.2, -0.15) is 5.10 Å². The third-order valence-corrected chi connectivity index (χ3v) is 3.95. The molecule has 8 nitrogen and oxygen atoms in total. The predicted octanol–water partition coefficient (Wildman–Crippen LogP) is 0.858. The van der Waals surface area contributed by atoms with Crippen LogP contribution in [0, 0.1) is 0 Å². The number of rotatable bonds is 3. The van der Waals surface area contributed by atoms with Crippen molar-refractivity contribution in [1.82, 2.24) is 15.2 Å². The van der Waals surface area contributed by atoms with Gasteiger partial charge in [-0.25, -0.2) is 13.6 Å². The number of carbonyl (C=O) groups excluding carboxylic acids is 1. The topological polar surface area (TPSA) is 131 Å². The summed E-state index contributed by atoms with van der Waals surface area (Å²) in [5.74, 6) is -0.428. The maximum atomic E-state index is 12.2. The number of aromatic amines is 1. The maximum absolute atomic E-state index is 12.2. The molecule has 0 saturated carbocycles. The average Bonchev–Trinajstić information content (AvgIpc) is 2.91. The number of fused-ring (bicyclic) bond motifs is 1. The molecule has 1 aromatic carbocycles. The normalized spacial score (nSPS) is 11.5. The van der Waals surface area contributed by atoms with Crippen LogP contribution in [0.25, 0.3) is 10.9 Å². The minimum absolute atomic E-state index is 0.0279. The van der Waals surface area contributed by atoms with Crippen molar-refractivity contribution < 1.29 is 13.2 Å². The molecule has 3 rings (SSSR count). The fourth-order valence-corrected chi connectivity index (χ4v) is 2.46. The number of anilines is 1. The van der Waals surface area contributed by atoms with Crippen LogP contribution in [-0.2, 0) is 10.0 Å². The van der Waals surface area contributed by atoms with Crippen molar-refractivity contribution in [2.75, 3.05) is 5.32 Å². The summed E-state index contributed by atoms with van der Waals surface area (Å²) < 4.78 is 22.3. The molecule has 0 radical (unpaired) electrons. The first-order valence-electron chi connectivity index (χ1n) is 6.17. The number of primary sulfonamides is 1. The lowest BCUT2D eigenvalue weighted by molar-refractivity contribution is 0.102. The molecule has 0 bridgehead atoms. The fraction of sp³-hybridized carbons (Fsp3) is 0. The van der Waals surface area contributed by atoms with E-state index in [9.17, 15) is 13.2 Å². The lowest BCUT2D eigenvalue weighted by atomic mass is 10.2. The van der Waals surface area contributed by atoms with Crippen molar-refractivity contribution >= 4 is 32.5 Å². The number of pyridine rings is 1. The molecule has 2 heterocycles. The van der Waals surface area contributed by atoms with Gasteiger partial charge in [-0.1, -0.05) is 0 Å². The van der Waals surface area contributed by atoms with Crippen LogP contribution in [0.5, 0.6) is 0 Å². The number of hydrogen-bond acceptors (Lipinski definition) is 5. The molecule has 0 spiro atoms. The Balaban J connectivity index is 1.85. The molecule has 0 unspecified atom stereocenters. The van der Waals surface area contributed by atoms with Gasteiger partial charge in [0.25, 0.3) is 5.91 Å². The highest BCUT2D eigenvalue weighted by atomic mass is 32.2. The van der Waals surface area contributed by atoms with Crippen molar-refractivity contribution in [1.29, 1.82) is 0 Å². The minimum atomic E-state index is -3.76. The van der Waals surface area contributed by atoms with Crippen LogP contribution >= 0.6 is 0 Å². The van der Waals surface area contributed by atoms with Crippen molar-refractivity contribution in [3.8, 4) is 0 Å². The zero-order valence-electron chi connectivity index (χ0n) is 11.1. The highest BCUT2D eigenvalue weighted by Gasteiger charge is 2.15. The molecule has 9 heteroatoms. The Morgan fingerprint density at radius 1 is 1.18 bits per heavy atom. The van der Waals surface area contributed by atoms with Gasteiger partial charge in [0.05, 0.1) is 15.8 Å². The number of carbonyl (C=O) groups is 1. The highest BCUT2D eigenvalue weighted by Crippen LogP contribution is 2.17. The van der Waals surface area contributed by atoms with E-state index in [0.717, 1.165) is 0 Å². The molecule has 0 aliphatic rings. The average molecular weight is 317 g/mol. The van der Waals surface area contributed by atoms with Crippen LogP contribution in [0.1, 0.15) is 10.5 Å². The number of amides is 1. The van der Waals surface area contributed by atoms with Gasteiger partial charge in [-0.3, -0.25) is 14.9 Å². The standard InChI is InChI=1S/C13H11N5O3S/c14-22(20,21)9-3-1-8(2-4-9)16-13(19)12-10-7-15-6-5-11(10)17-18-12/h1-7H,(H,16,19)(H,17,18)(H2,14,20,21). The summed E-state index contributed by atoms with van der Waals surface area (Å²) in [7, 11) is -3.76. The van der Waals surface area contributed by atoms with Crippen LogP contribution < -0.4 is 10.5 Å². The van der Waals surface area contributed by atoms with Gasteiger partial charge in [-0.05, 0) is 30.3 Å². The number of sulfonamides is 1. The molecule has 1 amide bonds. The largest absolute Gasteiger partial charge is 0.321 e. The number of hydrogen-bond donors (Lipinski definition) is 3. The van der Waals surface area contributed by atoms with Gasteiger partial charge < -0.3 is 5.32 Å². The molecular weight excluding hydrogens is 306 g/mol. The molecule has 0 aliphatic heterocycles. The second-order valence-electron chi connectivity index (χ2n) is 4.52. The summed E-state index contributed by atoms with van der Waals surface area (Å²) in [6, 6.07) is 7.24. The van der Waals surface area contributed by atoms with E-state index in [0.29, 0.717) is 16.6 Å². The zero-order valence-corrected chi connectivity index (χ0v) is 12.0. The summed E-state index contributed by atoms with van der Waals surface area (Å²) >= 11 is 0.